The zero-order valence-corrected chi connectivity index (χ0v) is 23.2. The quantitative estimate of drug-likeness (QED) is 0.462. The third kappa shape index (κ3) is 5.79. The van der Waals surface area contributed by atoms with E-state index in [1.807, 2.05) is 43.7 Å². The molecule has 0 spiro atoms. The van der Waals surface area contributed by atoms with E-state index in [1.165, 1.54) is 4.90 Å². The van der Waals surface area contributed by atoms with Crippen molar-refractivity contribution in [1.82, 2.24) is 24.6 Å². The summed E-state index contributed by atoms with van der Waals surface area (Å²) in [5, 5.41) is 15.1. The Morgan fingerprint density at radius 2 is 2.08 bits per heavy atom. The second-order valence-corrected chi connectivity index (χ2v) is 11.1. The van der Waals surface area contributed by atoms with Crippen molar-refractivity contribution in [3.8, 4) is 17.1 Å². The molecule has 39 heavy (non-hydrogen) atoms. The molecule has 3 aromatic heterocycles. The second kappa shape index (κ2) is 11.4. The van der Waals surface area contributed by atoms with Gasteiger partial charge >= 0.3 is 6.09 Å². The Hall–Kier alpha value is -3.44. The predicted octanol–water partition coefficient (Wildman–Crippen LogP) is 4.57. The molecular formula is C28H38N6O5. The number of carboxylic acid groups (broad SMARTS) is 1. The number of ether oxygens (including phenoxy) is 3. The molecule has 2 atom stereocenters. The van der Waals surface area contributed by atoms with Crippen LogP contribution < -0.4 is 9.64 Å². The molecule has 210 valence electrons. The first-order valence-electron chi connectivity index (χ1n) is 13.7. The van der Waals surface area contributed by atoms with E-state index in [-0.39, 0.29) is 25.4 Å². The zero-order chi connectivity index (χ0) is 27.6. The number of pyridine rings is 2. The number of hydrogen-bond donors (Lipinski definition) is 1. The van der Waals surface area contributed by atoms with E-state index in [0.29, 0.717) is 43.3 Å². The van der Waals surface area contributed by atoms with E-state index in [2.05, 4.69) is 16.9 Å². The number of amides is 1. The molecule has 2 saturated heterocycles. The topological polar surface area (TPSA) is 115 Å². The van der Waals surface area contributed by atoms with Crippen LogP contribution in [0.25, 0.3) is 22.3 Å². The van der Waals surface area contributed by atoms with E-state index >= 15 is 0 Å². The lowest BCUT2D eigenvalue weighted by atomic mass is 10.1. The Morgan fingerprint density at radius 1 is 1.23 bits per heavy atom. The summed E-state index contributed by atoms with van der Waals surface area (Å²) in [6.07, 6.45) is 5.44. The first-order valence-corrected chi connectivity index (χ1v) is 13.7. The van der Waals surface area contributed by atoms with Crippen LogP contribution in [0.3, 0.4) is 0 Å². The number of anilines is 1. The van der Waals surface area contributed by atoms with Gasteiger partial charge in [-0.1, -0.05) is 0 Å². The van der Waals surface area contributed by atoms with Gasteiger partial charge in [0, 0.05) is 42.5 Å². The molecule has 11 nitrogen and oxygen atoms in total. The van der Waals surface area contributed by atoms with Crippen molar-refractivity contribution in [3.05, 3.63) is 30.6 Å². The van der Waals surface area contributed by atoms with Gasteiger partial charge in [0.25, 0.3) is 0 Å². The lowest BCUT2D eigenvalue weighted by molar-refractivity contribution is -0.0383. The molecule has 0 aliphatic carbocycles. The van der Waals surface area contributed by atoms with E-state index in [0.717, 1.165) is 36.2 Å². The molecule has 0 aromatic carbocycles. The average molecular weight is 539 g/mol. The minimum atomic E-state index is -0.974. The van der Waals surface area contributed by atoms with Crippen LogP contribution in [0.1, 0.15) is 53.2 Å². The van der Waals surface area contributed by atoms with Gasteiger partial charge in [-0.25, -0.2) is 14.5 Å². The van der Waals surface area contributed by atoms with Crippen LogP contribution in [0.4, 0.5) is 10.6 Å². The number of nitrogens with zero attached hydrogens (tertiary/aromatic N) is 6. The highest BCUT2D eigenvalue weighted by Crippen LogP contribution is 2.36. The number of rotatable bonds is 7. The maximum absolute atomic E-state index is 11.9. The molecule has 11 heteroatoms. The fraction of sp³-hybridized carbons (Fsp3) is 0.571. The van der Waals surface area contributed by atoms with Gasteiger partial charge in [0.2, 0.25) is 0 Å². The number of fused-ring (bicyclic) bond motifs is 1. The molecule has 1 N–H and O–H groups in total. The van der Waals surface area contributed by atoms with Crippen LogP contribution in [-0.4, -0.2) is 86.9 Å². The minimum Gasteiger partial charge on any atom is -0.491 e. The summed E-state index contributed by atoms with van der Waals surface area (Å²) in [4.78, 5) is 25.3. The summed E-state index contributed by atoms with van der Waals surface area (Å²) in [6.45, 7) is 10.8. The fourth-order valence-corrected chi connectivity index (χ4v) is 5.24. The van der Waals surface area contributed by atoms with Crippen LogP contribution in [0, 0.1) is 0 Å². The molecule has 2 aliphatic heterocycles. The summed E-state index contributed by atoms with van der Waals surface area (Å²) >= 11 is 0. The van der Waals surface area contributed by atoms with Gasteiger partial charge in [0.05, 0.1) is 31.5 Å². The molecule has 1 unspecified atom stereocenters. The molecule has 2 fully saturated rings. The van der Waals surface area contributed by atoms with Crippen molar-refractivity contribution in [1.29, 1.82) is 0 Å². The summed E-state index contributed by atoms with van der Waals surface area (Å²) in [5.41, 5.74) is 1.70. The van der Waals surface area contributed by atoms with Gasteiger partial charge in [-0.05, 0) is 59.1 Å². The molecule has 2 aliphatic rings. The normalized spacial score (nSPS) is 20.3. The SMILES string of the molecule is C[C@@H]1COCCN1c1cc(OCCN(C(=O)O)C(C)(C)C)c2ccnc(-c3ccnn3C3CCCCO3)c2n1. The van der Waals surface area contributed by atoms with Gasteiger partial charge in [-0.3, -0.25) is 4.98 Å². The fourth-order valence-electron chi connectivity index (χ4n) is 5.24. The lowest BCUT2D eigenvalue weighted by Crippen LogP contribution is -2.46. The zero-order valence-electron chi connectivity index (χ0n) is 23.2. The van der Waals surface area contributed by atoms with Crippen molar-refractivity contribution in [2.75, 3.05) is 44.4 Å². The average Bonchev–Trinajstić information content (AvgIpc) is 3.40. The molecule has 0 saturated carbocycles. The number of hydrogen-bond acceptors (Lipinski definition) is 8. The molecule has 0 radical (unpaired) electrons. The first-order chi connectivity index (χ1) is 18.7. The third-order valence-electron chi connectivity index (χ3n) is 7.29. The highest BCUT2D eigenvalue weighted by Gasteiger charge is 2.27. The van der Waals surface area contributed by atoms with Crippen molar-refractivity contribution in [2.45, 2.75) is 64.8 Å². The number of morpholine rings is 1. The summed E-state index contributed by atoms with van der Waals surface area (Å²) in [5.74, 6) is 1.41. The van der Waals surface area contributed by atoms with Crippen molar-refractivity contribution < 1.29 is 24.1 Å². The largest absolute Gasteiger partial charge is 0.491 e. The molecule has 3 aromatic rings. The van der Waals surface area contributed by atoms with Crippen LogP contribution >= 0.6 is 0 Å². The lowest BCUT2D eigenvalue weighted by Gasteiger charge is -2.35. The predicted molar refractivity (Wildman–Crippen MR) is 147 cm³/mol. The Balaban J connectivity index is 1.55. The van der Waals surface area contributed by atoms with Crippen molar-refractivity contribution in [3.63, 3.8) is 0 Å². The molecular weight excluding hydrogens is 500 g/mol. The smallest absolute Gasteiger partial charge is 0.407 e. The van der Waals surface area contributed by atoms with E-state index in [1.54, 1.807) is 12.4 Å². The summed E-state index contributed by atoms with van der Waals surface area (Å²) < 4.78 is 19.9. The van der Waals surface area contributed by atoms with Gasteiger partial charge in [-0.2, -0.15) is 5.10 Å². The number of aromatic nitrogens is 4. The van der Waals surface area contributed by atoms with Gasteiger partial charge in [0.1, 0.15) is 29.4 Å². The van der Waals surface area contributed by atoms with Crippen LogP contribution in [-0.2, 0) is 9.47 Å². The summed E-state index contributed by atoms with van der Waals surface area (Å²) in [7, 11) is 0. The Kier molecular flexibility index (Phi) is 7.90. The standard InChI is InChI=1S/C28H38N6O5/c1-19-18-37-15-12-32(19)23-17-22(38-16-13-33(27(35)36)28(2,3)4)20-8-10-29-26(25(20)31-23)21-9-11-30-34(21)24-7-5-6-14-39-24/h8-11,17,19,24H,5-7,12-16,18H2,1-4H3,(H,35,36)/t19-,24?/m1/s1. The monoisotopic (exact) mass is 538 g/mol. The van der Waals surface area contributed by atoms with Crippen LogP contribution in [0.5, 0.6) is 5.75 Å². The third-order valence-corrected chi connectivity index (χ3v) is 7.29. The summed E-state index contributed by atoms with van der Waals surface area (Å²) in [6, 6.07) is 5.92. The van der Waals surface area contributed by atoms with E-state index in [9.17, 15) is 9.90 Å². The molecule has 0 bridgehead atoms. The Bertz CT molecular complexity index is 1300. The van der Waals surface area contributed by atoms with Crippen LogP contribution in [0.15, 0.2) is 30.6 Å². The van der Waals surface area contributed by atoms with Gasteiger partial charge in [-0.15, -0.1) is 0 Å². The highest BCUT2D eigenvalue weighted by atomic mass is 16.5. The first kappa shape index (κ1) is 27.1. The molecule has 5 rings (SSSR count). The molecule has 5 heterocycles. The van der Waals surface area contributed by atoms with E-state index < -0.39 is 11.6 Å². The highest BCUT2D eigenvalue weighted by molar-refractivity contribution is 5.95. The van der Waals surface area contributed by atoms with Gasteiger partial charge in [0.15, 0.2) is 6.23 Å². The van der Waals surface area contributed by atoms with Gasteiger partial charge < -0.3 is 29.1 Å². The van der Waals surface area contributed by atoms with Crippen molar-refractivity contribution in [2.24, 2.45) is 0 Å². The van der Waals surface area contributed by atoms with Crippen LogP contribution in [0.2, 0.25) is 0 Å². The second-order valence-electron chi connectivity index (χ2n) is 11.1. The Morgan fingerprint density at radius 3 is 2.79 bits per heavy atom. The minimum absolute atomic E-state index is 0.140. The van der Waals surface area contributed by atoms with E-state index in [4.69, 9.17) is 24.2 Å². The molecule has 1 amide bonds. The Labute approximate surface area is 228 Å². The number of carbonyl (C=O) groups is 1. The maximum Gasteiger partial charge on any atom is 0.407 e. The maximum atomic E-state index is 11.9. The van der Waals surface area contributed by atoms with Crippen molar-refractivity contribution >= 4 is 22.8 Å².